The Morgan fingerprint density at radius 1 is 1.05 bits per heavy atom. The van der Waals surface area contributed by atoms with Crippen LogP contribution in [-0.2, 0) is 4.79 Å². The molecular weight excluding hydrogens is 510 g/mol. The van der Waals surface area contributed by atoms with E-state index in [1.807, 2.05) is 62.9 Å². The Balaban J connectivity index is 1.36. The normalized spacial score (nSPS) is 14.7. The summed E-state index contributed by atoms with van der Waals surface area (Å²) in [4.78, 5) is 26.0. The summed E-state index contributed by atoms with van der Waals surface area (Å²) in [5.41, 5.74) is 3.74. The summed E-state index contributed by atoms with van der Waals surface area (Å²) in [6.45, 7) is 12.9. The molecule has 0 radical (unpaired) electrons. The Morgan fingerprint density at radius 2 is 1.77 bits per heavy atom. The molecule has 1 amide bonds. The first-order chi connectivity index (χ1) is 18.6. The largest absolute Gasteiger partial charge is 0.378 e. The van der Waals surface area contributed by atoms with E-state index in [0.29, 0.717) is 11.7 Å². The van der Waals surface area contributed by atoms with Gasteiger partial charge in [0.1, 0.15) is 12.0 Å². The number of aryl methyl sites for hydroxylation is 1. The molecule has 0 spiro atoms. The SMILES string of the molecule is CC(=O)N1CCN(c2ccc(Nc3ncc(C)c(Nc4cccc(SC[C@@H](O)NC(C)(C)C)c4)n3)cc2)CC1. The average molecular weight is 550 g/mol. The molecule has 2 aromatic carbocycles. The quantitative estimate of drug-likeness (QED) is 0.222. The van der Waals surface area contributed by atoms with Gasteiger partial charge in [0.2, 0.25) is 11.9 Å². The Hall–Kier alpha value is -3.34. The summed E-state index contributed by atoms with van der Waals surface area (Å²) >= 11 is 1.60. The van der Waals surface area contributed by atoms with Crippen molar-refractivity contribution in [2.45, 2.75) is 51.3 Å². The number of aliphatic hydroxyl groups excluding tert-OH is 1. The lowest BCUT2D eigenvalue weighted by Crippen LogP contribution is -2.48. The summed E-state index contributed by atoms with van der Waals surface area (Å²) < 4.78 is 0. The van der Waals surface area contributed by atoms with Crippen LogP contribution in [0, 0.1) is 6.92 Å². The fourth-order valence-corrected chi connectivity index (χ4v) is 5.13. The first-order valence-electron chi connectivity index (χ1n) is 13.2. The van der Waals surface area contributed by atoms with E-state index in [9.17, 15) is 9.90 Å². The molecule has 0 saturated carbocycles. The van der Waals surface area contributed by atoms with Crippen molar-refractivity contribution in [1.82, 2.24) is 20.2 Å². The van der Waals surface area contributed by atoms with E-state index in [1.165, 1.54) is 0 Å². The summed E-state index contributed by atoms with van der Waals surface area (Å²) in [6.07, 6.45) is 1.21. The van der Waals surface area contributed by atoms with Crippen molar-refractivity contribution in [3.05, 3.63) is 60.3 Å². The third-order valence-corrected chi connectivity index (χ3v) is 7.36. The Kier molecular flexibility index (Phi) is 9.32. The van der Waals surface area contributed by atoms with E-state index in [0.717, 1.165) is 59.5 Å². The smallest absolute Gasteiger partial charge is 0.229 e. The summed E-state index contributed by atoms with van der Waals surface area (Å²) in [5.74, 6) is 1.92. The molecular formula is C29H39N7O2S. The molecule has 2 heterocycles. The Labute approximate surface area is 235 Å². The zero-order valence-electron chi connectivity index (χ0n) is 23.4. The molecule has 0 aliphatic carbocycles. The van der Waals surface area contributed by atoms with Gasteiger partial charge < -0.3 is 25.5 Å². The zero-order valence-corrected chi connectivity index (χ0v) is 24.2. The number of nitrogens with one attached hydrogen (secondary N) is 3. The molecule has 4 rings (SSSR count). The predicted octanol–water partition coefficient (Wildman–Crippen LogP) is 4.74. The molecule has 0 unspecified atom stereocenters. The molecule has 1 fully saturated rings. The molecule has 208 valence electrons. The van der Waals surface area contributed by atoms with Gasteiger partial charge in [0.15, 0.2) is 0 Å². The van der Waals surface area contributed by atoms with Gasteiger partial charge in [-0.1, -0.05) is 6.07 Å². The highest BCUT2D eigenvalue weighted by Gasteiger charge is 2.19. The maximum Gasteiger partial charge on any atom is 0.229 e. The number of benzene rings is 2. The van der Waals surface area contributed by atoms with Gasteiger partial charge in [-0.2, -0.15) is 4.98 Å². The molecule has 1 aromatic heterocycles. The lowest BCUT2D eigenvalue weighted by Gasteiger charge is -2.35. The number of rotatable bonds is 9. The third-order valence-electron chi connectivity index (χ3n) is 6.29. The van der Waals surface area contributed by atoms with E-state index in [1.54, 1.807) is 24.9 Å². The van der Waals surface area contributed by atoms with Crippen LogP contribution in [0.3, 0.4) is 0 Å². The zero-order chi connectivity index (χ0) is 28.0. The lowest BCUT2D eigenvalue weighted by molar-refractivity contribution is -0.129. The molecule has 39 heavy (non-hydrogen) atoms. The molecule has 1 saturated heterocycles. The molecule has 1 aliphatic heterocycles. The van der Waals surface area contributed by atoms with Gasteiger partial charge in [-0.05, 0) is 70.2 Å². The van der Waals surface area contributed by atoms with Gasteiger partial charge >= 0.3 is 0 Å². The van der Waals surface area contributed by atoms with Gasteiger partial charge in [-0.15, -0.1) is 11.8 Å². The standard InChI is InChI=1S/C29H39N7O2S/c1-20-18-30-28(32-22-9-11-24(12-10-22)36-15-13-35(14-16-36)21(2)37)33-27(20)31-23-7-6-8-25(17-23)39-19-26(38)34-29(3,4)5/h6-12,17-18,26,34,38H,13-16,19H2,1-5H3,(H2,30,31,32,33)/t26-/m1/s1. The second-order valence-electron chi connectivity index (χ2n) is 10.8. The van der Waals surface area contributed by atoms with Gasteiger partial charge in [0, 0.05) is 78.1 Å². The number of carbonyl (C=O) groups excluding carboxylic acids is 1. The Morgan fingerprint density at radius 3 is 2.44 bits per heavy atom. The van der Waals surface area contributed by atoms with Crippen LogP contribution in [0.15, 0.2) is 59.6 Å². The van der Waals surface area contributed by atoms with E-state index in [-0.39, 0.29) is 11.4 Å². The third kappa shape index (κ3) is 8.58. The fourth-order valence-electron chi connectivity index (χ4n) is 4.31. The number of thioether (sulfide) groups is 1. The number of aliphatic hydroxyl groups is 1. The van der Waals surface area contributed by atoms with Crippen molar-refractivity contribution < 1.29 is 9.90 Å². The van der Waals surface area contributed by atoms with Crippen LogP contribution in [0.4, 0.5) is 28.8 Å². The van der Waals surface area contributed by atoms with Crippen molar-refractivity contribution in [1.29, 1.82) is 0 Å². The minimum atomic E-state index is -0.588. The highest BCUT2D eigenvalue weighted by molar-refractivity contribution is 7.99. The predicted molar refractivity (Wildman–Crippen MR) is 160 cm³/mol. The van der Waals surface area contributed by atoms with Crippen molar-refractivity contribution >= 4 is 46.5 Å². The number of aromatic nitrogens is 2. The summed E-state index contributed by atoms with van der Waals surface area (Å²) in [6, 6.07) is 16.3. The minimum absolute atomic E-state index is 0.136. The van der Waals surface area contributed by atoms with Crippen molar-refractivity contribution in [2.24, 2.45) is 0 Å². The van der Waals surface area contributed by atoms with E-state index in [4.69, 9.17) is 4.98 Å². The number of hydrogen-bond acceptors (Lipinski definition) is 9. The van der Waals surface area contributed by atoms with Gasteiger partial charge in [0.05, 0.1) is 0 Å². The van der Waals surface area contributed by atoms with Gasteiger partial charge in [-0.3, -0.25) is 10.1 Å². The highest BCUT2D eigenvalue weighted by Crippen LogP contribution is 2.27. The van der Waals surface area contributed by atoms with Crippen LogP contribution in [0.2, 0.25) is 0 Å². The highest BCUT2D eigenvalue weighted by atomic mass is 32.2. The summed E-state index contributed by atoms with van der Waals surface area (Å²) in [5, 5.41) is 20.2. The molecule has 1 atom stereocenters. The monoisotopic (exact) mass is 549 g/mol. The van der Waals surface area contributed by atoms with Crippen LogP contribution in [0.25, 0.3) is 0 Å². The van der Waals surface area contributed by atoms with E-state index >= 15 is 0 Å². The number of hydrogen-bond donors (Lipinski definition) is 4. The first kappa shape index (κ1) is 28.7. The van der Waals surface area contributed by atoms with Crippen molar-refractivity contribution in [3.63, 3.8) is 0 Å². The number of carbonyl (C=O) groups is 1. The maximum absolute atomic E-state index is 11.6. The van der Waals surface area contributed by atoms with Crippen LogP contribution in [0.1, 0.15) is 33.3 Å². The van der Waals surface area contributed by atoms with E-state index < -0.39 is 6.23 Å². The van der Waals surface area contributed by atoms with Crippen molar-refractivity contribution in [3.8, 4) is 0 Å². The van der Waals surface area contributed by atoms with Crippen LogP contribution in [-0.4, -0.2) is 69.6 Å². The average Bonchev–Trinajstić information content (AvgIpc) is 2.89. The lowest BCUT2D eigenvalue weighted by atomic mass is 10.1. The van der Waals surface area contributed by atoms with Crippen LogP contribution >= 0.6 is 11.8 Å². The van der Waals surface area contributed by atoms with Gasteiger partial charge in [0.25, 0.3) is 0 Å². The van der Waals surface area contributed by atoms with Crippen LogP contribution < -0.4 is 20.9 Å². The molecule has 4 N–H and O–H groups in total. The topological polar surface area (TPSA) is 106 Å². The molecule has 10 heteroatoms. The maximum atomic E-state index is 11.6. The molecule has 9 nitrogen and oxygen atoms in total. The minimum Gasteiger partial charge on any atom is -0.378 e. The molecule has 3 aromatic rings. The fraction of sp³-hybridized carbons (Fsp3) is 0.414. The molecule has 0 bridgehead atoms. The number of piperazine rings is 1. The summed E-state index contributed by atoms with van der Waals surface area (Å²) in [7, 11) is 0. The van der Waals surface area contributed by atoms with E-state index in [2.05, 4.69) is 44.0 Å². The number of anilines is 5. The number of amides is 1. The Bertz CT molecular complexity index is 1260. The van der Waals surface area contributed by atoms with Crippen LogP contribution in [0.5, 0.6) is 0 Å². The molecule has 1 aliphatic rings. The first-order valence-corrected chi connectivity index (χ1v) is 14.2. The van der Waals surface area contributed by atoms with Gasteiger partial charge in [-0.25, -0.2) is 4.98 Å². The van der Waals surface area contributed by atoms with Crippen molar-refractivity contribution in [2.75, 3.05) is 47.5 Å². The second kappa shape index (κ2) is 12.7. The second-order valence-corrected chi connectivity index (χ2v) is 11.9. The number of nitrogens with zero attached hydrogens (tertiary/aromatic N) is 4.